The molecule has 0 aliphatic carbocycles. The maximum absolute atomic E-state index is 10.3. The molecule has 1 fully saturated rings. The van der Waals surface area contributed by atoms with Crippen molar-refractivity contribution in [2.24, 2.45) is 5.92 Å². The van der Waals surface area contributed by atoms with Crippen LogP contribution in [0.1, 0.15) is 56.4 Å². The molecule has 3 aromatic rings. The molecule has 5 nitrogen and oxygen atoms in total. The van der Waals surface area contributed by atoms with Crippen LogP contribution in [0.25, 0.3) is 11.1 Å². The van der Waals surface area contributed by atoms with Crippen LogP contribution in [-0.4, -0.2) is 40.9 Å². The zero-order valence-electron chi connectivity index (χ0n) is 21.6. The molecule has 6 heteroatoms. The van der Waals surface area contributed by atoms with Crippen LogP contribution in [0.5, 0.6) is 23.0 Å². The first-order valence-electron chi connectivity index (χ1n) is 13.0. The van der Waals surface area contributed by atoms with Crippen molar-refractivity contribution in [2.45, 2.75) is 45.8 Å². The first kappa shape index (κ1) is 25.5. The maximum atomic E-state index is 10.3. The Morgan fingerprint density at radius 3 is 2.57 bits per heavy atom. The zero-order chi connectivity index (χ0) is 26.1. The minimum atomic E-state index is -0.432. The number of likely N-dealkylation sites (tertiary alicyclic amines) is 1. The maximum Gasteiger partial charge on any atom is 0.150 e. The summed E-state index contributed by atoms with van der Waals surface area (Å²) >= 11 is 6.09. The van der Waals surface area contributed by atoms with Crippen LogP contribution in [0.4, 0.5) is 0 Å². The van der Waals surface area contributed by atoms with Gasteiger partial charge in [0.2, 0.25) is 0 Å². The summed E-state index contributed by atoms with van der Waals surface area (Å²) in [5.74, 6) is 2.42. The molecule has 0 radical (unpaired) electrons. The Morgan fingerprint density at radius 2 is 1.86 bits per heavy atom. The van der Waals surface area contributed by atoms with Crippen molar-refractivity contribution in [2.75, 3.05) is 19.7 Å². The highest BCUT2D eigenvalue weighted by Crippen LogP contribution is 2.48. The number of aromatic hydroxyl groups is 2. The van der Waals surface area contributed by atoms with Gasteiger partial charge in [-0.2, -0.15) is 0 Å². The van der Waals surface area contributed by atoms with E-state index in [4.69, 9.17) is 21.1 Å². The van der Waals surface area contributed by atoms with Crippen molar-refractivity contribution >= 4 is 22.7 Å². The zero-order valence-corrected chi connectivity index (χ0v) is 22.3. The summed E-state index contributed by atoms with van der Waals surface area (Å²) in [5, 5.41) is 20.7. The summed E-state index contributed by atoms with van der Waals surface area (Å²) in [5.41, 5.74) is 4.63. The molecule has 0 saturated carbocycles. The average Bonchev–Trinajstić information content (AvgIpc) is 3.39. The number of rotatable bonds is 7. The second-order valence-electron chi connectivity index (χ2n) is 10.2. The number of hydrogen-bond acceptors (Lipinski definition) is 5. The highest BCUT2D eigenvalue weighted by Gasteiger charge is 2.30. The number of fused-ring (bicyclic) bond motifs is 1. The molecule has 5 rings (SSSR count). The molecule has 0 bridgehead atoms. The fourth-order valence-electron chi connectivity index (χ4n) is 5.39. The fourth-order valence-corrected chi connectivity index (χ4v) is 5.50. The Balaban J connectivity index is 1.39. The van der Waals surface area contributed by atoms with Gasteiger partial charge in [0.1, 0.15) is 35.7 Å². The lowest BCUT2D eigenvalue weighted by molar-refractivity contribution is 0.168. The lowest BCUT2D eigenvalue weighted by Gasteiger charge is -2.31. The minimum Gasteiger partial charge on any atom is -0.508 e. The molecule has 2 N–H and O–H groups in total. The number of phenolic OH excluding ortho intramolecular Hbond substituents is 2. The first-order valence-corrected chi connectivity index (χ1v) is 13.4. The van der Waals surface area contributed by atoms with E-state index in [1.165, 1.54) is 12.8 Å². The third kappa shape index (κ3) is 5.29. The fraction of sp³-hybridized carbons (Fsp3) is 0.355. The molecule has 3 aromatic carbocycles. The summed E-state index contributed by atoms with van der Waals surface area (Å²) in [7, 11) is 0. The van der Waals surface area contributed by atoms with Gasteiger partial charge in [-0.1, -0.05) is 43.1 Å². The van der Waals surface area contributed by atoms with Gasteiger partial charge in [-0.25, -0.2) is 0 Å². The number of hydrogen-bond donors (Lipinski definition) is 2. The van der Waals surface area contributed by atoms with E-state index in [0.29, 0.717) is 23.4 Å². The molecule has 0 amide bonds. The molecule has 0 aromatic heterocycles. The number of ether oxygens (including phenoxy) is 2. The van der Waals surface area contributed by atoms with Crippen LogP contribution in [0, 0.1) is 5.92 Å². The van der Waals surface area contributed by atoms with Crippen LogP contribution >= 0.6 is 11.6 Å². The molecular formula is C31H34ClNO4. The topological polar surface area (TPSA) is 62.2 Å². The van der Waals surface area contributed by atoms with E-state index in [-0.39, 0.29) is 11.5 Å². The van der Waals surface area contributed by atoms with Gasteiger partial charge in [0, 0.05) is 29.8 Å². The highest BCUT2D eigenvalue weighted by atomic mass is 35.5. The highest BCUT2D eigenvalue weighted by molar-refractivity contribution is 6.32. The second-order valence-corrected chi connectivity index (χ2v) is 10.6. The Morgan fingerprint density at radius 1 is 1.08 bits per heavy atom. The van der Waals surface area contributed by atoms with Crippen molar-refractivity contribution in [1.29, 1.82) is 0 Å². The van der Waals surface area contributed by atoms with Crippen molar-refractivity contribution in [3.05, 3.63) is 82.4 Å². The van der Waals surface area contributed by atoms with Crippen LogP contribution in [0.3, 0.4) is 0 Å². The Bertz CT molecular complexity index is 1300. The van der Waals surface area contributed by atoms with Crippen LogP contribution in [-0.2, 0) is 0 Å². The van der Waals surface area contributed by atoms with Crippen molar-refractivity contribution in [1.82, 2.24) is 4.90 Å². The average molecular weight is 520 g/mol. The van der Waals surface area contributed by atoms with E-state index < -0.39 is 6.10 Å². The van der Waals surface area contributed by atoms with Gasteiger partial charge in [0.25, 0.3) is 0 Å². The standard InChI is InChI=1S/C31H34ClNO4/c1-4-21-13-14-33(17-21)19(2)18-36-25-9-5-22(6-10-25)31-30(23-7-12-27(32)28(35)15-23)20(3)26-11-8-24(34)16-29(26)37-31/h5-12,15-16,19,21,31,34-35H,4,13-14,17-18H2,1-3H3/t19-,21+,31?/m0/s1. The lowest BCUT2D eigenvalue weighted by atomic mass is 9.86. The summed E-state index contributed by atoms with van der Waals surface area (Å²) in [6.07, 6.45) is 2.08. The van der Waals surface area contributed by atoms with E-state index in [0.717, 1.165) is 52.6 Å². The number of allylic oxidation sites excluding steroid dienone is 1. The van der Waals surface area contributed by atoms with Crippen molar-refractivity contribution in [3.8, 4) is 23.0 Å². The molecule has 1 saturated heterocycles. The van der Waals surface area contributed by atoms with E-state index in [9.17, 15) is 10.2 Å². The van der Waals surface area contributed by atoms with Gasteiger partial charge >= 0.3 is 0 Å². The lowest BCUT2D eigenvalue weighted by Crippen LogP contribution is -2.35. The van der Waals surface area contributed by atoms with Crippen molar-refractivity contribution in [3.63, 3.8) is 0 Å². The van der Waals surface area contributed by atoms with Gasteiger partial charge in [0.15, 0.2) is 0 Å². The number of phenols is 2. The van der Waals surface area contributed by atoms with Gasteiger partial charge < -0.3 is 19.7 Å². The summed E-state index contributed by atoms with van der Waals surface area (Å²) in [4.78, 5) is 2.52. The SMILES string of the molecule is CC[C@@H]1CCN([C@@H](C)COc2ccc(C3Oc4cc(O)ccc4C(C)=C3c3ccc(Cl)c(O)c3)cc2)C1. The summed E-state index contributed by atoms with van der Waals surface area (Å²) < 4.78 is 12.6. The predicted octanol–water partition coefficient (Wildman–Crippen LogP) is 7.31. The molecule has 2 aliphatic heterocycles. The third-order valence-corrected chi connectivity index (χ3v) is 8.05. The van der Waals surface area contributed by atoms with Crippen molar-refractivity contribution < 1.29 is 19.7 Å². The molecule has 2 heterocycles. The van der Waals surface area contributed by atoms with Crippen LogP contribution in [0.2, 0.25) is 5.02 Å². The Kier molecular flexibility index (Phi) is 7.36. The third-order valence-electron chi connectivity index (χ3n) is 7.73. The predicted molar refractivity (Wildman–Crippen MR) is 148 cm³/mol. The molecule has 0 spiro atoms. The minimum absolute atomic E-state index is 0.0239. The molecular weight excluding hydrogens is 486 g/mol. The molecule has 194 valence electrons. The first-order chi connectivity index (χ1) is 17.8. The van der Waals surface area contributed by atoms with Gasteiger partial charge in [0.05, 0.1) is 5.02 Å². The van der Waals surface area contributed by atoms with Crippen LogP contribution in [0.15, 0.2) is 60.7 Å². The monoisotopic (exact) mass is 519 g/mol. The number of benzene rings is 3. The normalized spacial score (nSPS) is 20.4. The Hall–Kier alpha value is -3.15. The smallest absolute Gasteiger partial charge is 0.150 e. The summed E-state index contributed by atoms with van der Waals surface area (Å²) in [6.45, 7) is 9.49. The summed E-state index contributed by atoms with van der Waals surface area (Å²) in [6, 6.07) is 18.8. The second kappa shape index (κ2) is 10.7. The molecule has 1 unspecified atom stereocenters. The van der Waals surface area contributed by atoms with E-state index in [1.807, 2.05) is 43.3 Å². The van der Waals surface area contributed by atoms with Gasteiger partial charge in [-0.15, -0.1) is 0 Å². The van der Waals surface area contributed by atoms with E-state index in [1.54, 1.807) is 24.3 Å². The largest absolute Gasteiger partial charge is 0.508 e. The van der Waals surface area contributed by atoms with E-state index >= 15 is 0 Å². The molecule has 37 heavy (non-hydrogen) atoms. The Labute approximate surface area is 223 Å². The quantitative estimate of drug-likeness (QED) is 0.342. The van der Waals surface area contributed by atoms with Gasteiger partial charge in [-0.3, -0.25) is 4.90 Å². The molecule has 3 atom stereocenters. The number of halogens is 1. The van der Waals surface area contributed by atoms with E-state index in [2.05, 4.69) is 18.7 Å². The van der Waals surface area contributed by atoms with Crippen LogP contribution < -0.4 is 9.47 Å². The van der Waals surface area contributed by atoms with Gasteiger partial charge in [-0.05, 0) is 85.8 Å². The molecule has 2 aliphatic rings. The number of nitrogens with zero attached hydrogens (tertiary/aromatic N) is 1.